The van der Waals surface area contributed by atoms with Gasteiger partial charge in [0.1, 0.15) is 12.2 Å². The maximum atomic E-state index is 13.7. The summed E-state index contributed by atoms with van der Waals surface area (Å²) >= 11 is 0. The second-order valence-corrected chi connectivity index (χ2v) is 11.1. The maximum Gasteiger partial charge on any atom is 0.410 e. The van der Waals surface area contributed by atoms with Crippen LogP contribution < -0.4 is 0 Å². The summed E-state index contributed by atoms with van der Waals surface area (Å²) in [5.74, 6) is -1.14. The quantitative estimate of drug-likeness (QED) is 0.428. The van der Waals surface area contributed by atoms with Crippen LogP contribution in [0.2, 0.25) is 0 Å². The lowest BCUT2D eigenvalue weighted by Gasteiger charge is -2.39. The second kappa shape index (κ2) is 11.0. The molecule has 2 aromatic carbocycles. The molecule has 2 heterocycles. The van der Waals surface area contributed by atoms with E-state index < -0.39 is 29.8 Å². The Hall–Kier alpha value is -4.34. The van der Waals surface area contributed by atoms with Crippen LogP contribution in [-0.2, 0) is 16.0 Å². The number of carbonyl (C=O) groups excluding carboxylic acids is 2. The fourth-order valence-electron chi connectivity index (χ4n) is 5.38. The van der Waals surface area contributed by atoms with Crippen LogP contribution in [0, 0.1) is 0 Å². The Morgan fingerprint density at radius 1 is 1.07 bits per heavy atom. The van der Waals surface area contributed by atoms with Gasteiger partial charge in [-0.3, -0.25) is 4.90 Å². The molecule has 1 atom stereocenters. The minimum Gasteiger partial charge on any atom is -0.476 e. The van der Waals surface area contributed by atoms with Gasteiger partial charge in [0, 0.05) is 25.1 Å². The summed E-state index contributed by atoms with van der Waals surface area (Å²) in [5.41, 5.74) is 3.54. The van der Waals surface area contributed by atoms with E-state index in [-0.39, 0.29) is 37.1 Å². The minimum absolute atomic E-state index is 0.0518. The van der Waals surface area contributed by atoms with E-state index in [2.05, 4.69) is 17.3 Å². The SMILES string of the molecule is CC(C)(C)OC(=O)N1CCCC(N(Cc2cc(C(=O)O)no2)C(=O)OCC2c3ccccc3-c3ccccc32)C1. The van der Waals surface area contributed by atoms with Crippen molar-refractivity contribution in [3.05, 3.63) is 77.2 Å². The van der Waals surface area contributed by atoms with E-state index in [9.17, 15) is 19.5 Å². The summed E-state index contributed by atoms with van der Waals surface area (Å²) in [6, 6.07) is 17.1. The molecule has 1 unspecified atom stereocenters. The second-order valence-electron chi connectivity index (χ2n) is 11.1. The molecule has 10 nitrogen and oxygen atoms in total. The third-order valence-electron chi connectivity index (χ3n) is 7.16. The first-order chi connectivity index (χ1) is 19.1. The van der Waals surface area contributed by atoms with E-state index in [4.69, 9.17) is 14.0 Å². The molecule has 0 bridgehead atoms. The van der Waals surface area contributed by atoms with Gasteiger partial charge in [0.2, 0.25) is 0 Å². The lowest BCUT2D eigenvalue weighted by Crippen LogP contribution is -2.52. The standard InChI is InChI=1S/C30H33N3O7/c1-30(2,3)39-28(36)32-14-8-9-19(16-32)33(17-20-15-26(27(34)35)31-40-20)29(37)38-18-25-23-12-6-4-10-21(23)22-11-5-7-13-24(22)25/h4-7,10-13,15,19,25H,8-9,14,16-18H2,1-3H3,(H,34,35). The molecule has 0 radical (unpaired) electrons. The van der Waals surface area contributed by atoms with Crippen LogP contribution in [-0.4, -0.2) is 69.6 Å². The average molecular weight is 548 g/mol. The average Bonchev–Trinajstić information content (AvgIpc) is 3.53. The number of aromatic nitrogens is 1. The number of aromatic carboxylic acids is 1. The summed E-state index contributed by atoms with van der Waals surface area (Å²) in [5, 5.41) is 12.8. The van der Waals surface area contributed by atoms with Crippen molar-refractivity contribution in [2.45, 2.75) is 57.7 Å². The van der Waals surface area contributed by atoms with Gasteiger partial charge in [0.05, 0.1) is 12.6 Å². The maximum absolute atomic E-state index is 13.7. The van der Waals surface area contributed by atoms with E-state index >= 15 is 0 Å². The van der Waals surface area contributed by atoms with Crippen LogP contribution in [0.1, 0.15) is 66.9 Å². The predicted molar refractivity (Wildman–Crippen MR) is 145 cm³/mol. The lowest BCUT2D eigenvalue weighted by molar-refractivity contribution is 0.00719. The highest BCUT2D eigenvalue weighted by molar-refractivity contribution is 5.85. The van der Waals surface area contributed by atoms with Gasteiger partial charge in [-0.1, -0.05) is 53.7 Å². The zero-order chi connectivity index (χ0) is 28.4. The van der Waals surface area contributed by atoms with E-state index in [1.165, 1.54) is 11.0 Å². The molecule has 2 amide bonds. The smallest absolute Gasteiger partial charge is 0.410 e. The number of carbonyl (C=O) groups is 3. The van der Waals surface area contributed by atoms with Crippen LogP contribution >= 0.6 is 0 Å². The number of hydrogen-bond acceptors (Lipinski definition) is 7. The van der Waals surface area contributed by atoms with Crippen LogP contribution in [0.5, 0.6) is 0 Å². The fraction of sp³-hybridized carbons (Fsp3) is 0.400. The molecular formula is C30H33N3O7. The Labute approximate surface area is 232 Å². The molecule has 1 aromatic heterocycles. The molecule has 5 rings (SSSR count). The zero-order valence-electron chi connectivity index (χ0n) is 22.8. The van der Waals surface area contributed by atoms with Crippen molar-refractivity contribution >= 4 is 18.2 Å². The molecular weight excluding hydrogens is 514 g/mol. The Bertz CT molecular complexity index is 1360. The normalized spacial score (nSPS) is 16.7. The van der Waals surface area contributed by atoms with Gasteiger partial charge in [0.25, 0.3) is 0 Å². The lowest BCUT2D eigenvalue weighted by atomic mass is 9.98. The monoisotopic (exact) mass is 547 g/mol. The number of benzene rings is 2. The van der Waals surface area contributed by atoms with Crippen molar-refractivity contribution in [1.82, 2.24) is 15.0 Å². The van der Waals surface area contributed by atoms with Crippen LogP contribution in [0.25, 0.3) is 11.1 Å². The molecule has 1 saturated heterocycles. The van der Waals surface area contributed by atoms with Gasteiger partial charge < -0.3 is 24.0 Å². The van der Waals surface area contributed by atoms with E-state index in [0.29, 0.717) is 19.4 Å². The Morgan fingerprint density at radius 3 is 2.33 bits per heavy atom. The molecule has 0 saturated carbocycles. The molecule has 2 aliphatic rings. The summed E-state index contributed by atoms with van der Waals surface area (Å²) in [4.78, 5) is 40.9. The number of fused-ring (bicyclic) bond motifs is 3. The molecule has 40 heavy (non-hydrogen) atoms. The molecule has 0 spiro atoms. The third-order valence-corrected chi connectivity index (χ3v) is 7.16. The van der Waals surface area contributed by atoms with E-state index in [0.717, 1.165) is 22.3 Å². The predicted octanol–water partition coefficient (Wildman–Crippen LogP) is 5.52. The summed E-state index contributed by atoms with van der Waals surface area (Å²) in [7, 11) is 0. The first kappa shape index (κ1) is 27.2. The van der Waals surface area contributed by atoms with Gasteiger partial charge in [-0.2, -0.15) is 0 Å². The summed E-state index contributed by atoms with van der Waals surface area (Å²) < 4.78 is 16.7. The Kier molecular flexibility index (Phi) is 7.51. The van der Waals surface area contributed by atoms with Gasteiger partial charge in [-0.05, 0) is 55.9 Å². The Balaban J connectivity index is 1.36. The molecule has 1 aliphatic carbocycles. The first-order valence-electron chi connectivity index (χ1n) is 13.4. The zero-order valence-corrected chi connectivity index (χ0v) is 22.8. The van der Waals surface area contributed by atoms with Crippen molar-refractivity contribution in [2.24, 2.45) is 0 Å². The van der Waals surface area contributed by atoms with Crippen molar-refractivity contribution in [3.8, 4) is 11.1 Å². The first-order valence-corrected chi connectivity index (χ1v) is 13.4. The molecule has 210 valence electrons. The number of hydrogen-bond donors (Lipinski definition) is 1. The van der Waals surface area contributed by atoms with Crippen molar-refractivity contribution in [2.75, 3.05) is 19.7 Å². The highest BCUT2D eigenvalue weighted by Crippen LogP contribution is 2.44. The topological polar surface area (TPSA) is 122 Å². The minimum atomic E-state index is -1.23. The molecule has 1 fully saturated rings. The summed E-state index contributed by atoms with van der Waals surface area (Å²) in [6.45, 7) is 6.25. The van der Waals surface area contributed by atoms with Crippen molar-refractivity contribution in [1.29, 1.82) is 0 Å². The molecule has 1 N–H and O–H groups in total. The summed E-state index contributed by atoms with van der Waals surface area (Å²) in [6.07, 6.45) is 0.265. The molecule has 3 aromatic rings. The molecule has 1 aliphatic heterocycles. The van der Waals surface area contributed by atoms with E-state index in [1.54, 1.807) is 25.7 Å². The number of nitrogens with zero attached hydrogens (tertiary/aromatic N) is 3. The number of carboxylic acid groups (broad SMARTS) is 1. The largest absolute Gasteiger partial charge is 0.476 e. The van der Waals surface area contributed by atoms with Crippen molar-refractivity contribution < 1.29 is 33.5 Å². The van der Waals surface area contributed by atoms with Crippen LogP contribution in [0.3, 0.4) is 0 Å². The van der Waals surface area contributed by atoms with Gasteiger partial charge >= 0.3 is 18.2 Å². The number of rotatable bonds is 6. The van der Waals surface area contributed by atoms with Gasteiger partial charge in [-0.25, -0.2) is 14.4 Å². The Morgan fingerprint density at radius 2 is 1.73 bits per heavy atom. The number of carboxylic acids is 1. The van der Waals surface area contributed by atoms with Crippen LogP contribution in [0.15, 0.2) is 59.1 Å². The highest BCUT2D eigenvalue weighted by atomic mass is 16.6. The fourth-order valence-corrected chi connectivity index (χ4v) is 5.38. The number of piperidine rings is 1. The number of ether oxygens (including phenoxy) is 2. The molecule has 10 heteroatoms. The van der Waals surface area contributed by atoms with E-state index in [1.807, 2.05) is 36.4 Å². The number of amides is 2. The third kappa shape index (κ3) is 5.80. The van der Waals surface area contributed by atoms with Gasteiger partial charge in [-0.15, -0.1) is 0 Å². The van der Waals surface area contributed by atoms with Crippen molar-refractivity contribution in [3.63, 3.8) is 0 Å². The highest BCUT2D eigenvalue weighted by Gasteiger charge is 2.35. The number of likely N-dealkylation sites (tertiary alicyclic amines) is 1. The van der Waals surface area contributed by atoms with Crippen LogP contribution in [0.4, 0.5) is 9.59 Å². The van der Waals surface area contributed by atoms with Gasteiger partial charge in [0.15, 0.2) is 11.5 Å².